The number of H-pyrrole nitrogens is 1. The van der Waals surface area contributed by atoms with E-state index in [1.165, 1.54) is 0 Å². The molecule has 4 heterocycles. The van der Waals surface area contributed by atoms with E-state index in [1.807, 2.05) is 28.3 Å². The molecule has 0 saturated carbocycles. The van der Waals surface area contributed by atoms with Crippen LogP contribution >= 0.6 is 0 Å². The van der Waals surface area contributed by atoms with Gasteiger partial charge in [0.15, 0.2) is 0 Å². The van der Waals surface area contributed by atoms with Gasteiger partial charge in [-0.1, -0.05) is 18.2 Å². The van der Waals surface area contributed by atoms with E-state index in [0.29, 0.717) is 25.7 Å². The maximum Gasteiger partial charge on any atom is 0.320 e. The number of fused-ring (bicyclic) bond motifs is 2. The lowest BCUT2D eigenvalue weighted by Gasteiger charge is -2.32. The minimum atomic E-state index is 0.0567. The zero-order chi connectivity index (χ0) is 20.8. The first-order valence-corrected chi connectivity index (χ1v) is 10.2. The third-order valence-electron chi connectivity index (χ3n) is 6.21. The Hall–Kier alpha value is -2.86. The van der Waals surface area contributed by atoms with Gasteiger partial charge in [-0.15, -0.1) is 0 Å². The normalized spacial score (nSPS) is 19.5. The summed E-state index contributed by atoms with van der Waals surface area (Å²) in [5, 5.41) is 1.11. The molecule has 1 fully saturated rings. The minimum absolute atomic E-state index is 0.0567. The average molecular weight is 391 g/mol. The number of aryl methyl sites for hydroxylation is 1. The number of rotatable bonds is 2. The van der Waals surface area contributed by atoms with Crippen molar-refractivity contribution in [3.05, 3.63) is 53.3 Å². The molecule has 1 N–H and O–H groups in total. The summed E-state index contributed by atoms with van der Waals surface area (Å²) in [6.07, 6.45) is 5.61. The van der Waals surface area contributed by atoms with Crippen LogP contribution in [0.5, 0.6) is 0 Å². The number of benzene rings is 1. The Morgan fingerprint density at radius 2 is 2.17 bits per heavy atom. The summed E-state index contributed by atoms with van der Waals surface area (Å²) < 4.78 is 14.0. The highest BCUT2D eigenvalue weighted by Crippen LogP contribution is 2.29. The Bertz CT molecular complexity index is 1130. The molecule has 2 aliphatic rings. The van der Waals surface area contributed by atoms with Gasteiger partial charge in [0, 0.05) is 56.6 Å². The van der Waals surface area contributed by atoms with Crippen molar-refractivity contribution in [2.24, 2.45) is 0 Å². The number of carbonyl (C=O) groups excluding carboxylic acids is 1. The molecule has 0 bridgehead atoms. The lowest BCUT2D eigenvalue weighted by molar-refractivity contribution is 0.104. The third-order valence-corrected chi connectivity index (χ3v) is 6.21. The van der Waals surface area contributed by atoms with Crippen molar-refractivity contribution in [1.82, 2.24) is 19.8 Å². The number of ether oxygens (including phenoxy) is 1. The fourth-order valence-electron chi connectivity index (χ4n) is 4.39. The van der Waals surface area contributed by atoms with E-state index in [2.05, 4.69) is 29.0 Å². The molecule has 0 aliphatic carbocycles. The van der Waals surface area contributed by atoms with Crippen molar-refractivity contribution in [2.75, 3.05) is 26.7 Å². The van der Waals surface area contributed by atoms with E-state index in [1.54, 1.807) is 7.11 Å². The van der Waals surface area contributed by atoms with Crippen LogP contribution in [0.4, 0.5) is 4.79 Å². The van der Waals surface area contributed by atoms with E-state index in [-0.39, 0.29) is 12.1 Å². The topological polar surface area (TPSA) is 61.5 Å². The second-order valence-electron chi connectivity index (χ2n) is 8.03. The SMILES string of the molecule is [2H]c1cc(-c2cnc3[nH]cc(C)c3c2)cc2c1CN(C(=O)N1CC[C@@H](OC)C1)CC2. The summed E-state index contributed by atoms with van der Waals surface area (Å²) in [5.74, 6) is 0. The van der Waals surface area contributed by atoms with Crippen LogP contribution in [-0.2, 0) is 17.7 Å². The molecule has 3 aromatic rings. The molecule has 1 atom stereocenters. The van der Waals surface area contributed by atoms with Crippen LogP contribution in [0.15, 0.2) is 36.6 Å². The summed E-state index contributed by atoms with van der Waals surface area (Å²) in [5.41, 5.74) is 6.18. The summed E-state index contributed by atoms with van der Waals surface area (Å²) in [7, 11) is 1.70. The van der Waals surface area contributed by atoms with Gasteiger partial charge in [0.2, 0.25) is 0 Å². The molecule has 6 nitrogen and oxygen atoms in total. The van der Waals surface area contributed by atoms with Gasteiger partial charge in [-0.05, 0) is 48.1 Å². The third kappa shape index (κ3) is 3.27. The zero-order valence-corrected chi connectivity index (χ0v) is 16.9. The second-order valence-corrected chi connectivity index (χ2v) is 8.03. The number of aromatic amines is 1. The van der Waals surface area contributed by atoms with Gasteiger partial charge in [0.05, 0.1) is 7.47 Å². The lowest BCUT2D eigenvalue weighted by atomic mass is 9.95. The largest absolute Gasteiger partial charge is 0.380 e. The van der Waals surface area contributed by atoms with Crippen molar-refractivity contribution >= 4 is 17.1 Å². The monoisotopic (exact) mass is 391 g/mol. The van der Waals surface area contributed by atoms with Crippen molar-refractivity contribution in [3.63, 3.8) is 0 Å². The number of pyridine rings is 1. The maximum absolute atomic E-state index is 12.9. The van der Waals surface area contributed by atoms with Gasteiger partial charge < -0.3 is 19.5 Å². The number of hydrogen-bond donors (Lipinski definition) is 1. The fourth-order valence-corrected chi connectivity index (χ4v) is 4.39. The highest BCUT2D eigenvalue weighted by atomic mass is 16.5. The van der Waals surface area contributed by atoms with Crippen LogP contribution in [0.1, 0.15) is 24.5 Å². The van der Waals surface area contributed by atoms with Crippen molar-refractivity contribution in [3.8, 4) is 11.1 Å². The Balaban J connectivity index is 1.40. The van der Waals surface area contributed by atoms with E-state index < -0.39 is 0 Å². The first kappa shape index (κ1) is 17.0. The van der Waals surface area contributed by atoms with Crippen molar-refractivity contribution < 1.29 is 10.9 Å². The molecule has 150 valence electrons. The van der Waals surface area contributed by atoms with Gasteiger partial charge in [0.1, 0.15) is 5.65 Å². The molecular weight excluding hydrogens is 364 g/mol. The molecule has 6 heteroatoms. The number of hydrogen-bond acceptors (Lipinski definition) is 3. The van der Waals surface area contributed by atoms with E-state index in [4.69, 9.17) is 6.11 Å². The molecule has 5 rings (SSSR count). The molecule has 2 aliphatic heterocycles. The van der Waals surface area contributed by atoms with Crippen LogP contribution in [0, 0.1) is 6.92 Å². The number of carbonyl (C=O) groups is 1. The minimum Gasteiger partial charge on any atom is -0.380 e. The number of aromatic nitrogens is 2. The second kappa shape index (κ2) is 7.19. The van der Waals surface area contributed by atoms with Crippen LogP contribution in [-0.4, -0.2) is 58.6 Å². The zero-order valence-electron chi connectivity index (χ0n) is 17.9. The Labute approximate surface area is 171 Å². The highest BCUT2D eigenvalue weighted by molar-refractivity contribution is 5.84. The van der Waals surface area contributed by atoms with Gasteiger partial charge in [0.25, 0.3) is 0 Å². The quantitative estimate of drug-likeness (QED) is 0.724. The van der Waals surface area contributed by atoms with E-state index in [0.717, 1.165) is 58.2 Å². The van der Waals surface area contributed by atoms with Crippen molar-refractivity contribution in [2.45, 2.75) is 32.4 Å². The summed E-state index contributed by atoms with van der Waals surface area (Å²) in [4.78, 5) is 24.4. The van der Waals surface area contributed by atoms with E-state index in [9.17, 15) is 4.79 Å². The van der Waals surface area contributed by atoms with Gasteiger partial charge >= 0.3 is 6.03 Å². The molecular formula is C23H26N4O2. The number of urea groups is 1. The Kier molecular flexibility index (Phi) is 4.22. The van der Waals surface area contributed by atoms with Gasteiger partial charge in [-0.3, -0.25) is 0 Å². The highest BCUT2D eigenvalue weighted by Gasteiger charge is 2.30. The number of methoxy groups -OCH3 is 1. The first-order valence-electron chi connectivity index (χ1n) is 10.7. The van der Waals surface area contributed by atoms with Crippen LogP contribution < -0.4 is 0 Å². The molecule has 1 saturated heterocycles. The predicted octanol–water partition coefficient (Wildman–Crippen LogP) is 3.74. The van der Waals surface area contributed by atoms with Crippen LogP contribution in [0.3, 0.4) is 0 Å². The molecule has 0 radical (unpaired) electrons. The lowest BCUT2D eigenvalue weighted by Crippen LogP contribution is -2.44. The summed E-state index contributed by atoms with van der Waals surface area (Å²) in [6, 6.07) is 6.74. The Morgan fingerprint density at radius 1 is 1.28 bits per heavy atom. The summed E-state index contributed by atoms with van der Waals surface area (Å²) in [6.45, 7) is 4.63. The average Bonchev–Trinajstić information content (AvgIpc) is 3.40. The number of amides is 2. The van der Waals surface area contributed by atoms with Crippen molar-refractivity contribution in [1.29, 1.82) is 0 Å². The smallest absolute Gasteiger partial charge is 0.320 e. The van der Waals surface area contributed by atoms with Gasteiger partial charge in [-0.2, -0.15) is 0 Å². The van der Waals surface area contributed by atoms with Gasteiger partial charge in [-0.25, -0.2) is 9.78 Å². The molecule has 2 aromatic heterocycles. The maximum atomic E-state index is 12.9. The molecule has 0 unspecified atom stereocenters. The number of likely N-dealkylation sites (tertiary alicyclic amines) is 1. The van der Waals surface area contributed by atoms with Crippen LogP contribution in [0.25, 0.3) is 22.2 Å². The fraction of sp³-hybridized carbons (Fsp3) is 0.391. The molecule has 0 spiro atoms. The standard InChI is InChI=1S/C23H26N4O2/c1-15-11-24-22-21(15)10-19(12-25-22)16-3-4-18-13-26(7-5-17(18)9-16)23(28)27-8-6-20(14-27)29-2/h3-4,9-12,20H,5-8,13-14H2,1-2H3,(H,24,25)/t20-/m1/s1/i4D. The predicted molar refractivity (Wildman–Crippen MR) is 113 cm³/mol. The molecule has 1 aromatic carbocycles. The molecule has 2 amide bonds. The first-order chi connectivity index (χ1) is 14.5. The molecule has 29 heavy (non-hydrogen) atoms. The number of nitrogens with zero attached hydrogens (tertiary/aromatic N) is 3. The summed E-state index contributed by atoms with van der Waals surface area (Å²) >= 11 is 0. The Morgan fingerprint density at radius 3 is 3.00 bits per heavy atom. The number of nitrogens with one attached hydrogen (secondary N) is 1. The van der Waals surface area contributed by atoms with E-state index >= 15 is 0 Å². The van der Waals surface area contributed by atoms with Crippen LogP contribution in [0.2, 0.25) is 0 Å².